The summed E-state index contributed by atoms with van der Waals surface area (Å²) in [5.41, 5.74) is -0.635. The van der Waals surface area contributed by atoms with Gasteiger partial charge < -0.3 is 5.32 Å². The van der Waals surface area contributed by atoms with Crippen LogP contribution in [0.4, 0.5) is 17.6 Å². The topological polar surface area (TPSA) is 12.0 Å². The second kappa shape index (κ2) is 6.37. The summed E-state index contributed by atoms with van der Waals surface area (Å²) in [6.45, 7) is 6.34. The average molecular weight is 277 g/mol. The van der Waals surface area contributed by atoms with Gasteiger partial charge in [0.05, 0.1) is 5.56 Å². The van der Waals surface area contributed by atoms with Gasteiger partial charge >= 0.3 is 6.18 Å². The molecule has 1 atom stereocenters. The second-order valence-electron chi connectivity index (χ2n) is 5.26. The van der Waals surface area contributed by atoms with E-state index >= 15 is 0 Å². The maximum absolute atomic E-state index is 13.2. The predicted molar refractivity (Wildman–Crippen MR) is 67.2 cm³/mol. The quantitative estimate of drug-likeness (QED) is 0.788. The summed E-state index contributed by atoms with van der Waals surface area (Å²) in [5.74, 6) is -0.358. The van der Waals surface area contributed by atoms with Crippen molar-refractivity contribution in [2.24, 2.45) is 5.92 Å². The normalized spacial score (nSPS) is 13.9. The summed E-state index contributed by atoms with van der Waals surface area (Å²) < 4.78 is 50.8. The predicted octanol–water partition coefficient (Wildman–Crippen LogP) is 4.37. The molecular formula is C14H19F4N. The third kappa shape index (κ3) is 5.59. The SMILES string of the molecule is CC(C)CC(C)NCc1cc(F)cc(C(F)(F)F)c1. The molecule has 0 radical (unpaired) electrons. The Bertz CT molecular complexity index is 412. The van der Waals surface area contributed by atoms with Gasteiger partial charge in [0.1, 0.15) is 5.82 Å². The van der Waals surface area contributed by atoms with Crippen LogP contribution < -0.4 is 5.32 Å². The molecule has 1 aromatic carbocycles. The lowest BCUT2D eigenvalue weighted by molar-refractivity contribution is -0.137. The zero-order chi connectivity index (χ0) is 14.6. The molecule has 0 heterocycles. The fourth-order valence-corrected chi connectivity index (χ4v) is 2.00. The molecule has 1 N–H and O–H groups in total. The Morgan fingerprint density at radius 3 is 2.26 bits per heavy atom. The number of halogens is 4. The molecule has 0 saturated heterocycles. The van der Waals surface area contributed by atoms with E-state index in [-0.39, 0.29) is 12.6 Å². The minimum Gasteiger partial charge on any atom is -0.310 e. The molecule has 0 saturated carbocycles. The lowest BCUT2D eigenvalue weighted by Gasteiger charge is -2.16. The first kappa shape index (κ1) is 16.0. The van der Waals surface area contributed by atoms with Crippen LogP contribution in [0.25, 0.3) is 0 Å². The summed E-state index contributed by atoms with van der Waals surface area (Å²) in [5, 5.41) is 3.10. The molecule has 108 valence electrons. The van der Waals surface area contributed by atoms with Crippen LogP contribution in [-0.4, -0.2) is 6.04 Å². The van der Waals surface area contributed by atoms with E-state index in [1.807, 2.05) is 6.92 Å². The summed E-state index contributed by atoms with van der Waals surface area (Å²) in [6.07, 6.45) is -3.60. The highest BCUT2D eigenvalue weighted by molar-refractivity contribution is 5.26. The van der Waals surface area contributed by atoms with Gasteiger partial charge in [0.2, 0.25) is 0 Å². The molecule has 0 amide bonds. The average Bonchev–Trinajstić information content (AvgIpc) is 2.23. The molecule has 0 aliphatic carbocycles. The Labute approximate surface area is 111 Å². The first-order valence-corrected chi connectivity index (χ1v) is 6.28. The number of hydrogen-bond acceptors (Lipinski definition) is 1. The molecule has 19 heavy (non-hydrogen) atoms. The highest BCUT2D eigenvalue weighted by Gasteiger charge is 2.31. The first-order valence-electron chi connectivity index (χ1n) is 6.28. The molecule has 0 fully saturated rings. The van der Waals surface area contributed by atoms with Crippen molar-refractivity contribution in [2.75, 3.05) is 0 Å². The molecule has 0 aliphatic heterocycles. The van der Waals surface area contributed by atoms with Gasteiger partial charge in [-0.2, -0.15) is 13.2 Å². The zero-order valence-electron chi connectivity index (χ0n) is 11.3. The largest absolute Gasteiger partial charge is 0.416 e. The van der Waals surface area contributed by atoms with Crippen LogP contribution >= 0.6 is 0 Å². The third-order valence-electron chi connectivity index (χ3n) is 2.76. The van der Waals surface area contributed by atoms with Crippen LogP contribution in [0.2, 0.25) is 0 Å². The number of benzene rings is 1. The van der Waals surface area contributed by atoms with Crippen LogP contribution in [0.5, 0.6) is 0 Å². The number of hydrogen-bond donors (Lipinski definition) is 1. The molecule has 1 aromatic rings. The van der Waals surface area contributed by atoms with E-state index in [0.717, 1.165) is 18.6 Å². The van der Waals surface area contributed by atoms with Crippen molar-refractivity contribution in [2.45, 2.75) is 46.0 Å². The summed E-state index contributed by atoms with van der Waals surface area (Å²) in [4.78, 5) is 0. The van der Waals surface area contributed by atoms with Gasteiger partial charge in [0.25, 0.3) is 0 Å². The molecule has 5 heteroatoms. The molecule has 0 bridgehead atoms. The number of alkyl halides is 3. The van der Waals surface area contributed by atoms with E-state index < -0.39 is 17.6 Å². The molecule has 1 nitrogen and oxygen atoms in total. The highest BCUT2D eigenvalue weighted by atomic mass is 19.4. The summed E-state index contributed by atoms with van der Waals surface area (Å²) in [7, 11) is 0. The van der Waals surface area contributed by atoms with Crippen LogP contribution in [0, 0.1) is 11.7 Å². The van der Waals surface area contributed by atoms with Crippen LogP contribution in [0.15, 0.2) is 18.2 Å². The van der Waals surface area contributed by atoms with Gasteiger partial charge in [-0.1, -0.05) is 13.8 Å². The standard InChI is InChI=1S/C14H19F4N/c1-9(2)4-10(3)19-8-11-5-12(14(16,17)18)7-13(15)6-11/h5-7,9-10,19H,4,8H2,1-3H3. The summed E-state index contributed by atoms with van der Waals surface area (Å²) in [6, 6.07) is 2.81. The minimum absolute atomic E-state index is 0.178. The fraction of sp³-hybridized carbons (Fsp3) is 0.571. The van der Waals surface area contributed by atoms with Crippen molar-refractivity contribution in [3.63, 3.8) is 0 Å². The highest BCUT2D eigenvalue weighted by Crippen LogP contribution is 2.30. The Morgan fingerprint density at radius 2 is 1.74 bits per heavy atom. The minimum atomic E-state index is -4.51. The Balaban J connectivity index is 2.71. The maximum atomic E-state index is 13.2. The molecule has 1 rings (SSSR count). The second-order valence-corrected chi connectivity index (χ2v) is 5.26. The van der Waals surface area contributed by atoms with E-state index in [1.54, 1.807) is 0 Å². The summed E-state index contributed by atoms with van der Waals surface area (Å²) >= 11 is 0. The molecule has 0 aliphatic rings. The molecular weight excluding hydrogens is 258 g/mol. The van der Waals surface area contributed by atoms with Gasteiger partial charge in [-0.05, 0) is 43.0 Å². The van der Waals surface area contributed by atoms with E-state index in [9.17, 15) is 17.6 Å². The van der Waals surface area contributed by atoms with Crippen molar-refractivity contribution in [3.8, 4) is 0 Å². The van der Waals surface area contributed by atoms with E-state index in [2.05, 4.69) is 19.2 Å². The van der Waals surface area contributed by atoms with Gasteiger partial charge in [-0.3, -0.25) is 0 Å². The van der Waals surface area contributed by atoms with Crippen molar-refractivity contribution < 1.29 is 17.6 Å². The molecule has 0 spiro atoms. The van der Waals surface area contributed by atoms with Crippen molar-refractivity contribution in [3.05, 3.63) is 35.1 Å². The number of nitrogens with one attached hydrogen (secondary N) is 1. The lowest BCUT2D eigenvalue weighted by atomic mass is 10.0. The smallest absolute Gasteiger partial charge is 0.310 e. The third-order valence-corrected chi connectivity index (χ3v) is 2.76. The molecule has 0 aromatic heterocycles. The fourth-order valence-electron chi connectivity index (χ4n) is 2.00. The van der Waals surface area contributed by atoms with Crippen LogP contribution in [-0.2, 0) is 12.7 Å². The van der Waals surface area contributed by atoms with E-state index in [4.69, 9.17) is 0 Å². The van der Waals surface area contributed by atoms with Crippen LogP contribution in [0.1, 0.15) is 38.3 Å². The van der Waals surface area contributed by atoms with Gasteiger partial charge in [0.15, 0.2) is 0 Å². The number of rotatable bonds is 5. The van der Waals surface area contributed by atoms with Crippen LogP contribution in [0.3, 0.4) is 0 Å². The Hall–Kier alpha value is -1.10. The van der Waals surface area contributed by atoms with Gasteiger partial charge in [-0.25, -0.2) is 4.39 Å². The lowest BCUT2D eigenvalue weighted by Crippen LogP contribution is -2.27. The van der Waals surface area contributed by atoms with Crippen molar-refractivity contribution >= 4 is 0 Å². The molecule has 1 unspecified atom stereocenters. The van der Waals surface area contributed by atoms with Gasteiger partial charge in [-0.15, -0.1) is 0 Å². The van der Waals surface area contributed by atoms with E-state index in [1.165, 1.54) is 0 Å². The van der Waals surface area contributed by atoms with Gasteiger partial charge in [0, 0.05) is 12.6 Å². The van der Waals surface area contributed by atoms with E-state index in [0.29, 0.717) is 17.5 Å². The van der Waals surface area contributed by atoms with Crippen molar-refractivity contribution in [1.82, 2.24) is 5.32 Å². The Kier molecular flexibility index (Phi) is 5.35. The maximum Gasteiger partial charge on any atom is 0.416 e. The Morgan fingerprint density at radius 1 is 1.11 bits per heavy atom. The van der Waals surface area contributed by atoms with Crippen molar-refractivity contribution in [1.29, 1.82) is 0 Å². The zero-order valence-corrected chi connectivity index (χ0v) is 11.3. The first-order chi connectivity index (χ1) is 8.68. The monoisotopic (exact) mass is 277 g/mol.